The lowest BCUT2D eigenvalue weighted by Gasteiger charge is -2.12. The van der Waals surface area contributed by atoms with Gasteiger partial charge in [-0.1, -0.05) is 18.2 Å². The van der Waals surface area contributed by atoms with Gasteiger partial charge in [-0.25, -0.2) is 17.5 Å². The van der Waals surface area contributed by atoms with Crippen molar-refractivity contribution in [3.8, 4) is 0 Å². The van der Waals surface area contributed by atoms with E-state index in [4.69, 9.17) is 5.73 Å². The van der Waals surface area contributed by atoms with Gasteiger partial charge in [0.05, 0.1) is 4.90 Å². The van der Waals surface area contributed by atoms with Crippen molar-refractivity contribution < 1.29 is 12.8 Å². The van der Waals surface area contributed by atoms with Crippen molar-refractivity contribution in [1.82, 2.24) is 4.72 Å². The lowest BCUT2D eigenvalue weighted by atomic mass is 10.1. The minimum atomic E-state index is -3.77. The number of nitrogens with two attached hydrogens (primary N) is 1. The molecule has 3 N–H and O–H groups in total. The predicted molar refractivity (Wildman–Crippen MR) is 80.8 cm³/mol. The highest BCUT2D eigenvalue weighted by Gasteiger charge is 2.17. The summed E-state index contributed by atoms with van der Waals surface area (Å²) in [6, 6.07) is 9.01. The van der Waals surface area contributed by atoms with Gasteiger partial charge in [0.25, 0.3) is 0 Å². The Morgan fingerprint density at radius 2 is 1.90 bits per heavy atom. The molecular formula is C15H17FN2O2S. The van der Waals surface area contributed by atoms with Gasteiger partial charge in [0.15, 0.2) is 0 Å². The number of nitrogens with one attached hydrogen (secondary N) is 1. The zero-order valence-corrected chi connectivity index (χ0v) is 12.7. The number of halogens is 1. The first-order chi connectivity index (χ1) is 9.81. The maximum Gasteiger partial charge on any atom is 0.241 e. The van der Waals surface area contributed by atoms with Gasteiger partial charge >= 0.3 is 0 Å². The molecule has 0 aliphatic rings. The number of aryl methyl sites for hydroxylation is 1. The van der Waals surface area contributed by atoms with Crippen LogP contribution in [0.5, 0.6) is 0 Å². The van der Waals surface area contributed by atoms with Crippen molar-refractivity contribution >= 4 is 15.7 Å². The van der Waals surface area contributed by atoms with E-state index in [1.807, 2.05) is 6.92 Å². The molecule has 0 aromatic heterocycles. The topological polar surface area (TPSA) is 72.2 Å². The zero-order valence-electron chi connectivity index (χ0n) is 11.9. The quantitative estimate of drug-likeness (QED) is 0.852. The van der Waals surface area contributed by atoms with E-state index in [-0.39, 0.29) is 11.4 Å². The summed E-state index contributed by atoms with van der Waals surface area (Å²) >= 11 is 0. The van der Waals surface area contributed by atoms with E-state index in [0.29, 0.717) is 11.3 Å². The fourth-order valence-electron chi connectivity index (χ4n) is 2.01. The highest BCUT2D eigenvalue weighted by atomic mass is 32.2. The van der Waals surface area contributed by atoms with Crippen LogP contribution < -0.4 is 10.5 Å². The largest absolute Gasteiger partial charge is 0.399 e. The molecule has 0 amide bonds. The second kappa shape index (κ2) is 5.83. The van der Waals surface area contributed by atoms with E-state index in [2.05, 4.69) is 4.72 Å². The van der Waals surface area contributed by atoms with Crippen molar-refractivity contribution in [2.24, 2.45) is 0 Å². The zero-order chi connectivity index (χ0) is 15.6. The number of anilines is 1. The van der Waals surface area contributed by atoms with Crippen LogP contribution in [-0.4, -0.2) is 8.42 Å². The highest BCUT2D eigenvalue weighted by Crippen LogP contribution is 2.19. The Morgan fingerprint density at radius 1 is 1.19 bits per heavy atom. The monoisotopic (exact) mass is 308 g/mol. The first kappa shape index (κ1) is 15.5. The molecule has 0 saturated carbocycles. The molecule has 2 aromatic rings. The summed E-state index contributed by atoms with van der Waals surface area (Å²) in [6.07, 6.45) is 0. The van der Waals surface area contributed by atoms with Gasteiger partial charge < -0.3 is 5.73 Å². The lowest BCUT2D eigenvalue weighted by molar-refractivity contribution is 0.576. The van der Waals surface area contributed by atoms with E-state index < -0.39 is 15.8 Å². The Kier molecular flexibility index (Phi) is 4.29. The number of nitrogen functional groups attached to an aromatic ring is 1. The van der Waals surface area contributed by atoms with E-state index in [9.17, 15) is 12.8 Å². The van der Waals surface area contributed by atoms with E-state index in [1.54, 1.807) is 25.1 Å². The van der Waals surface area contributed by atoms with Gasteiger partial charge in [-0.2, -0.15) is 0 Å². The molecule has 0 bridgehead atoms. The Hall–Kier alpha value is -1.92. The minimum absolute atomic E-state index is 0.0518. The fraction of sp³-hybridized carbons (Fsp3) is 0.200. The molecule has 0 fully saturated rings. The summed E-state index contributed by atoms with van der Waals surface area (Å²) in [5.74, 6) is -0.582. The van der Waals surface area contributed by atoms with E-state index in [1.165, 1.54) is 12.1 Å². The van der Waals surface area contributed by atoms with E-state index >= 15 is 0 Å². The van der Waals surface area contributed by atoms with Crippen LogP contribution in [0.1, 0.15) is 16.7 Å². The number of benzene rings is 2. The lowest BCUT2D eigenvalue weighted by Crippen LogP contribution is -2.24. The molecule has 21 heavy (non-hydrogen) atoms. The summed E-state index contributed by atoms with van der Waals surface area (Å²) in [6.45, 7) is 3.56. The van der Waals surface area contributed by atoms with Crippen molar-refractivity contribution in [2.75, 3.05) is 5.73 Å². The molecule has 112 valence electrons. The smallest absolute Gasteiger partial charge is 0.241 e. The molecule has 0 radical (unpaired) electrons. The summed E-state index contributed by atoms with van der Waals surface area (Å²) in [7, 11) is -3.77. The van der Waals surface area contributed by atoms with Gasteiger partial charge in [-0.15, -0.1) is 0 Å². The summed E-state index contributed by atoms with van der Waals surface area (Å²) in [5.41, 5.74) is 8.50. The summed E-state index contributed by atoms with van der Waals surface area (Å²) in [4.78, 5) is -0.0518. The van der Waals surface area contributed by atoms with Gasteiger partial charge in [0.2, 0.25) is 10.0 Å². The summed E-state index contributed by atoms with van der Waals surface area (Å²) in [5, 5.41) is 0. The molecule has 0 atom stereocenters. The SMILES string of the molecule is Cc1ccc(F)cc1S(=O)(=O)NCc1cccc(N)c1C. The van der Waals surface area contributed by atoms with Crippen molar-refractivity contribution in [3.63, 3.8) is 0 Å². The Bertz CT molecular complexity index is 773. The molecule has 2 aromatic carbocycles. The third kappa shape index (κ3) is 3.40. The maximum atomic E-state index is 13.2. The molecule has 6 heteroatoms. The van der Waals surface area contributed by atoms with Crippen LogP contribution in [0.3, 0.4) is 0 Å². The first-order valence-corrected chi connectivity index (χ1v) is 7.89. The molecule has 0 unspecified atom stereocenters. The van der Waals surface area contributed by atoms with Gasteiger partial charge in [-0.05, 0) is 48.7 Å². The predicted octanol–water partition coefficient (Wildman–Crippen LogP) is 2.50. The van der Waals surface area contributed by atoms with Crippen molar-refractivity contribution in [2.45, 2.75) is 25.3 Å². The molecule has 0 heterocycles. The van der Waals surface area contributed by atoms with Gasteiger partial charge in [0.1, 0.15) is 5.82 Å². The van der Waals surface area contributed by atoms with Crippen LogP contribution in [0.15, 0.2) is 41.3 Å². The molecule has 0 aliphatic heterocycles. The van der Waals surface area contributed by atoms with Crippen LogP contribution in [0.4, 0.5) is 10.1 Å². The molecule has 0 aliphatic carbocycles. The fourth-order valence-corrected chi connectivity index (χ4v) is 3.27. The number of rotatable bonds is 4. The number of hydrogen-bond donors (Lipinski definition) is 2. The molecule has 0 saturated heterocycles. The van der Waals surface area contributed by atoms with Crippen LogP contribution in [0, 0.1) is 19.7 Å². The molecular weight excluding hydrogens is 291 g/mol. The number of sulfonamides is 1. The van der Waals surface area contributed by atoms with Crippen molar-refractivity contribution in [1.29, 1.82) is 0 Å². The second-order valence-corrected chi connectivity index (χ2v) is 6.60. The standard InChI is InChI=1S/C15H17FN2O2S/c1-10-6-7-13(16)8-15(10)21(19,20)18-9-12-4-3-5-14(17)11(12)2/h3-8,18H,9,17H2,1-2H3. The minimum Gasteiger partial charge on any atom is -0.399 e. The third-order valence-corrected chi connectivity index (χ3v) is 4.92. The van der Waals surface area contributed by atoms with Gasteiger partial charge in [-0.3, -0.25) is 0 Å². The molecule has 4 nitrogen and oxygen atoms in total. The third-order valence-electron chi connectivity index (χ3n) is 3.38. The van der Waals surface area contributed by atoms with E-state index in [0.717, 1.165) is 17.2 Å². The number of hydrogen-bond acceptors (Lipinski definition) is 3. The van der Waals surface area contributed by atoms with Crippen LogP contribution >= 0.6 is 0 Å². The van der Waals surface area contributed by atoms with Crippen molar-refractivity contribution in [3.05, 3.63) is 58.9 Å². The summed E-state index contributed by atoms with van der Waals surface area (Å²) < 4.78 is 40.3. The highest BCUT2D eigenvalue weighted by molar-refractivity contribution is 7.89. The Morgan fingerprint density at radius 3 is 2.62 bits per heavy atom. The van der Waals surface area contributed by atoms with Crippen LogP contribution in [0.25, 0.3) is 0 Å². The average Bonchev–Trinajstić information content (AvgIpc) is 2.43. The molecule has 0 spiro atoms. The first-order valence-electron chi connectivity index (χ1n) is 6.41. The van der Waals surface area contributed by atoms with Crippen LogP contribution in [0.2, 0.25) is 0 Å². The second-order valence-electron chi connectivity index (χ2n) is 4.87. The average molecular weight is 308 g/mol. The normalized spacial score (nSPS) is 11.6. The van der Waals surface area contributed by atoms with Crippen LogP contribution in [-0.2, 0) is 16.6 Å². The maximum absolute atomic E-state index is 13.2. The Labute approximate surface area is 123 Å². The van der Waals surface area contributed by atoms with Gasteiger partial charge in [0, 0.05) is 12.2 Å². The molecule has 2 rings (SSSR count). The Balaban J connectivity index is 2.26.